The smallest absolute Gasteiger partial charge is 0.315 e. The van der Waals surface area contributed by atoms with Crippen LogP contribution in [0.3, 0.4) is 0 Å². The van der Waals surface area contributed by atoms with Crippen molar-refractivity contribution < 1.29 is 9.90 Å². The standard InChI is InChI=1S/C17H11Cl2NO2/c18-13-2-1-3-14(19)15(13)17(16(21)22)10-12(17)5-4-11-6-8-20-9-7-11/h1-3,6-9,12H,10H2,(H,21,22). The normalized spacial score (nSPS) is 22.5. The van der Waals surface area contributed by atoms with Gasteiger partial charge in [0.05, 0.1) is 0 Å². The first kappa shape index (κ1) is 14.9. The van der Waals surface area contributed by atoms with E-state index in [2.05, 4.69) is 16.8 Å². The fourth-order valence-electron chi connectivity index (χ4n) is 2.59. The first-order chi connectivity index (χ1) is 10.6. The maximum absolute atomic E-state index is 11.8. The number of carbonyl (C=O) groups is 1. The molecule has 2 unspecified atom stereocenters. The number of aliphatic carboxylic acids is 1. The lowest BCUT2D eigenvalue weighted by Crippen LogP contribution is -2.23. The average molecular weight is 332 g/mol. The van der Waals surface area contributed by atoms with Crippen molar-refractivity contribution in [2.45, 2.75) is 11.8 Å². The van der Waals surface area contributed by atoms with Crippen molar-refractivity contribution in [1.29, 1.82) is 0 Å². The summed E-state index contributed by atoms with van der Waals surface area (Å²) >= 11 is 12.4. The number of hydrogen-bond donors (Lipinski definition) is 1. The molecule has 1 N–H and O–H groups in total. The van der Waals surface area contributed by atoms with Crippen molar-refractivity contribution in [3.8, 4) is 11.8 Å². The molecule has 3 nitrogen and oxygen atoms in total. The molecule has 5 heteroatoms. The van der Waals surface area contributed by atoms with Gasteiger partial charge in [0.15, 0.2) is 0 Å². The molecule has 110 valence electrons. The van der Waals surface area contributed by atoms with Crippen LogP contribution in [0.5, 0.6) is 0 Å². The minimum atomic E-state index is -1.12. The Hall–Kier alpha value is -2.02. The van der Waals surface area contributed by atoms with Crippen LogP contribution in [0.15, 0.2) is 42.7 Å². The summed E-state index contributed by atoms with van der Waals surface area (Å²) in [7, 11) is 0. The Bertz CT molecular complexity index is 775. The number of hydrogen-bond acceptors (Lipinski definition) is 2. The molecule has 0 spiro atoms. The molecule has 0 amide bonds. The largest absolute Gasteiger partial charge is 0.481 e. The van der Waals surface area contributed by atoms with E-state index in [0.29, 0.717) is 22.0 Å². The van der Waals surface area contributed by atoms with Crippen molar-refractivity contribution >= 4 is 29.2 Å². The second kappa shape index (κ2) is 5.64. The lowest BCUT2D eigenvalue weighted by atomic mass is 9.93. The first-order valence-corrected chi connectivity index (χ1v) is 7.41. The summed E-state index contributed by atoms with van der Waals surface area (Å²) in [5, 5.41) is 10.4. The minimum Gasteiger partial charge on any atom is -0.481 e. The van der Waals surface area contributed by atoms with Crippen LogP contribution in [-0.2, 0) is 10.2 Å². The number of benzene rings is 1. The quantitative estimate of drug-likeness (QED) is 0.852. The van der Waals surface area contributed by atoms with Crippen LogP contribution in [-0.4, -0.2) is 16.1 Å². The van der Waals surface area contributed by atoms with Gasteiger partial charge in [0.25, 0.3) is 0 Å². The molecule has 0 aliphatic heterocycles. The zero-order valence-electron chi connectivity index (χ0n) is 11.4. The van der Waals surface area contributed by atoms with Gasteiger partial charge in [-0.05, 0) is 30.7 Å². The molecular weight excluding hydrogens is 321 g/mol. The van der Waals surface area contributed by atoms with Crippen molar-refractivity contribution in [1.82, 2.24) is 4.98 Å². The predicted octanol–water partition coefficient (Wildman–Crippen LogP) is 3.78. The van der Waals surface area contributed by atoms with E-state index in [9.17, 15) is 9.90 Å². The maximum Gasteiger partial charge on any atom is 0.315 e. The lowest BCUT2D eigenvalue weighted by Gasteiger charge is -2.14. The summed E-state index contributed by atoms with van der Waals surface area (Å²) < 4.78 is 0. The highest BCUT2D eigenvalue weighted by Gasteiger charge is 2.63. The summed E-state index contributed by atoms with van der Waals surface area (Å²) in [5.74, 6) is 4.75. The van der Waals surface area contributed by atoms with Gasteiger partial charge >= 0.3 is 5.97 Å². The summed E-state index contributed by atoms with van der Waals surface area (Å²) in [6, 6.07) is 8.56. The van der Waals surface area contributed by atoms with E-state index >= 15 is 0 Å². The van der Waals surface area contributed by atoms with Crippen molar-refractivity contribution in [2.24, 2.45) is 5.92 Å². The third-order valence-electron chi connectivity index (χ3n) is 3.82. The summed E-state index contributed by atoms with van der Waals surface area (Å²) in [6.45, 7) is 0. The van der Waals surface area contributed by atoms with E-state index in [-0.39, 0.29) is 5.92 Å². The van der Waals surface area contributed by atoms with Crippen LogP contribution in [0.25, 0.3) is 0 Å². The number of pyridine rings is 1. The number of carboxylic acids is 1. The van der Waals surface area contributed by atoms with Crippen LogP contribution >= 0.6 is 23.2 Å². The van der Waals surface area contributed by atoms with Crippen molar-refractivity contribution in [3.05, 3.63) is 63.9 Å². The number of halogens is 2. The van der Waals surface area contributed by atoms with E-state index in [0.717, 1.165) is 5.56 Å². The molecule has 1 fully saturated rings. The molecule has 1 aromatic heterocycles. The van der Waals surface area contributed by atoms with Gasteiger partial charge < -0.3 is 5.11 Å². The third kappa shape index (κ3) is 2.45. The van der Waals surface area contributed by atoms with Crippen molar-refractivity contribution in [3.63, 3.8) is 0 Å². The topological polar surface area (TPSA) is 50.2 Å². The molecule has 0 saturated heterocycles. The molecule has 0 radical (unpaired) electrons. The Morgan fingerprint density at radius 2 is 1.86 bits per heavy atom. The number of nitrogens with zero attached hydrogens (tertiary/aromatic N) is 1. The Labute approximate surface area is 137 Å². The summed E-state index contributed by atoms with van der Waals surface area (Å²) in [6.07, 6.45) is 3.70. The van der Waals surface area contributed by atoms with Gasteiger partial charge in [-0.2, -0.15) is 0 Å². The van der Waals surface area contributed by atoms with E-state index in [1.54, 1.807) is 42.7 Å². The van der Waals surface area contributed by atoms with E-state index in [1.807, 2.05) is 0 Å². The van der Waals surface area contributed by atoms with Gasteiger partial charge in [-0.1, -0.05) is 41.1 Å². The van der Waals surface area contributed by atoms with Crippen LogP contribution in [0.1, 0.15) is 17.5 Å². The van der Waals surface area contributed by atoms with Gasteiger partial charge in [-0.15, -0.1) is 0 Å². The maximum atomic E-state index is 11.8. The van der Waals surface area contributed by atoms with Crippen molar-refractivity contribution in [2.75, 3.05) is 0 Å². The molecule has 1 saturated carbocycles. The van der Waals surface area contributed by atoms with Gasteiger partial charge in [-0.3, -0.25) is 9.78 Å². The molecule has 2 aromatic rings. The number of rotatable bonds is 2. The van der Waals surface area contributed by atoms with Gasteiger partial charge in [0.1, 0.15) is 5.41 Å². The summed E-state index contributed by atoms with van der Waals surface area (Å²) in [5.41, 5.74) is 0.140. The molecule has 1 heterocycles. The Morgan fingerprint density at radius 1 is 1.23 bits per heavy atom. The Kier molecular flexibility index (Phi) is 3.82. The van der Waals surface area contributed by atoms with Crippen LogP contribution < -0.4 is 0 Å². The second-order valence-electron chi connectivity index (χ2n) is 5.14. The molecule has 2 atom stereocenters. The first-order valence-electron chi connectivity index (χ1n) is 6.65. The number of carboxylic acid groups (broad SMARTS) is 1. The molecule has 0 bridgehead atoms. The van der Waals surface area contributed by atoms with Crippen LogP contribution in [0.2, 0.25) is 10.0 Å². The fraction of sp³-hybridized carbons (Fsp3) is 0.176. The highest BCUT2D eigenvalue weighted by molar-refractivity contribution is 6.36. The predicted molar refractivity (Wildman–Crippen MR) is 85.0 cm³/mol. The summed E-state index contributed by atoms with van der Waals surface area (Å²) in [4.78, 5) is 15.7. The van der Waals surface area contributed by atoms with Gasteiger partial charge in [0, 0.05) is 39.5 Å². The molecule has 3 rings (SSSR count). The van der Waals surface area contributed by atoms with Gasteiger partial charge in [0.2, 0.25) is 0 Å². The van der Waals surface area contributed by atoms with E-state index in [1.165, 1.54) is 0 Å². The molecule has 1 aliphatic carbocycles. The SMILES string of the molecule is O=C(O)C1(c2c(Cl)cccc2Cl)CC1C#Cc1ccncc1. The second-order valence-corrected chi connectivity index (χ2v) is 5.95. The zero-order chi connectivity index (χ0) is 15.7. The molecular formula is C17H11Cl2NO2. The Balaban J connectivity index is 1.98. The molecule has 22 heavy (non-hydrogen) atoms. The zero-order valence-corrected chi connectivity index (χ0v) is 12.9. The average Bonchev–Trinajstić information content (AvgIpc) is 3.22. The highest BCUT2D eigenvalue weighted by atomic mass is 35.5. The fourth-order valence-corrected chi connectivity index (χ4v) is 3.32. The minimum absolute atomic E-state index is 0.310. The lowest BCUT2D eigenvalue weighted by molar-refractivity contribution is -0.140. The molecule has 1 aliphatic rings. The number of aromatic nitrogens is 1. The Morgan fingerprint density at radius 3 is 2.45 bits per heavy atom. The van der Waals surface area contributed by atoms with E-state index < -0.39 is 11.4 Å². The third-order valence-corrected chi connectivity index (χ3v) is 4.45. The van der Waals surface area contributed by atoms with E-state index in [4.69, 9.17) is 23.2 Å². The monoisotopic (exact) mass is 331 g/mol. The highest BCUT2D eigenvalue weighted by Crippen LogP contribution is 2.57. The van der Waals surface area contributed by atoms with Gasteiger partial charge in [-0.25, -0.2) is 0 Å². The van der Waals surface area contributed by atoms with Crippen LogP contribution in [0, 0.1) is 17.8 Å². The molecule has 1 aromatic carbocycles. The van der Waals surface area contributed by atoms with Crippen LogP contribution in [0.4, 0.5) is 0 Å².